The maximum atomic E-state index is 12.0. The first-order valence-electron chi connectivity index (χ1n) is 5.95. The summed E-state index contributed by atoms with van der Waals surface area (Å²) < 4.78 is 1.03. The first kappa shape index (κ1) is 13.6. The molecule has 0 aliphatic heterocycles. The summed E-state index contributed by atoms with van der Waals surface area (Å²) >= 11 is 3.39. The van der Waals surface area contributed by atoms with Crippen LogP contribution in [0.2, 0.25) is 0 Å². The van der Waals surface area contributed by atoms with E-state index in [9.17, 15) is 4.79 Å². The van der Waals surface area contributed by atoms with Crippen molar-refractivity contribution >= 4 is 27.4 Å². The van der Waals surface area contributed by atoms with Crippen molar-refractivity contribution in [3.05, 3.63) is 76.4 Å². The van der Waals surface area contributed by atoms with Gasteiger partial charge in [0, 0.05) is 27.5 Å². The van der Waals surface area contributed by atoms with Gasteiger partial charge >= 0.3 is 0 Å². The Balaban J connectivity index is 2.07. The van der Waals surface area contributed by atoms with Gasteiger partial charge < -0.3 is 5.32 Å². The molecule has 0 amide bonds. The van der Waals surface area contributed by atoms with Gasteiger partial charge in [-0.15, -0.1) is 0 Å². The van der Waals surface area contributed by atoms with Gasteiger partial charge in [0.2, 0.25) is 0 Å². The van der Waals surface area contributed by atoms with Crippen LogP contribution in [0, 0.1) is 0 Å². The molecule has 0 unspecified atom stereocenters. The molecule has 96 valence electrons. The largest absolute Gasteiger partial charge is 0.359 e. The van der Waals surface area contributed by atoms with Crippen LogP contribution in [0.15, 0.2) is 70.8 Å². The molecule has 0 fully saturated rings. The SMILES string of the molecule is CC(=CC(=O)c1ccccc1)Nc1ccc(Br)cc1. The van der Waals surface area contributed by atoms with Gasteiger partial charge in [0.05, 0.1) is 0 Å². The molecule has 0 heterocycles. The Hall–Kier alpha value is -1.87. The van der Waals surface area contributed by atoms with Crippen molar-refractivity contribution in [2.24, 2.45) is 0 Å². The molecular weight excluding hydrogens is 302 g/mol. The molecule has 0 saturated heterocycles. The minimum atomic E-state index is 0.00251. The van der Waals surface area contributed by atoms with Crippen LogP contribution >= 0.6 is 15.9 Å². The van der Waals surface area contributed by atoms with Gasteiger partial charge in [0.15, 0.2) is 5.78 Å². The highest BCUT2D eigenvalue weighted by Crippen LogP contribution is 2.15. The molecule has 2 rings (SSSR count). The van der Waals surface area contributed by atoms with Crippen molar-refractivity contribution < 1.29 is 4.79 Å². The third-order valence-electron chi connectivity index (χ3n) is 2.59. The van der Waals surface area contributed by atoms with Crippen LogP contribution in [0.25, 0.3) is 0 Å². The molecule has 0 radical (unpaired) electrons. The van der Waals surface area contributed by atoms with E-state index in [1.807, 2.05) is 61.5 Å². The summed E-state index contributed by atoms with van der Waals surface area (Å²) in [5.41, 5.74) is 2.47. The van der Waals surface area contributed by atoms with E-state index >= 15 is 0 Å². The molecule has 0 bridgehead atoms. The van der Waals surface area contributed by atoms with Crippen molar-refractivity contribution in [1.82, 2.24) is 0 Å². The van der Waals surface area contributed by atoms with Gasteiger partial charge in [-0.25, -0.2) is 0 Å². The quantitative estimate of drug-likeness (QED) is 0.657. The fraction of sp³-hybridized carbons (Fsp3) is 0.0625. The fourth-order valence-electron chi connectivity index (χ4n) is 1.68. The van der Waals surface area contributed by atoms with Crippen LogP contribution in [0.4, 0.5) is 5.69 Å². The van der Waals surface area contributed by atoms with Crippen LogP contribution in [0.3, 0.4) is 0 Å². The Labute approximate surface area is 121 Å². The zero-order valence-electron chi connectivity index (χ0n) is 10.6. The van der Waals surface area contributed by atoms with Gasteiger partial charge in [0.1, 0.15) is 0 Å². The normalized spacial score (nSPS) is 11.2. The summed E-state index contributed by atoms with van der Waals surface area (Å²) in [4.78, 5) is 12.0. The minimum absolute atomic E-state index is 0.00251. The second-order valence-corrected chi connectivity index (χ2v) is 5.11. The lowest BCUT2D eigenvalue weighted by Gasteiger charge is -2.06. The first-order valence-corrected chi connectivity index (χ1v) is 6.75. The number of allylic oxidation sites excluding steroid dienone is 2. The van der Waals surface area contributed by atoms with Crippen molar-refractivity contribution in [3.8, 4) is 0 Å². The number of halogens is 1. The van der Waals surface area contributed by atoms with E-state index in [0.29, 0.717) is 5.56 Å². The average molecular weight is 316 g/mol. The lowest BCUT2D eigenvalue weighted by Crippen LogP contribution is -2.01. The van der Waals surface area contributed by atoms with Gasteiger partial charge in [-0.1, -0.05) is 46.3 Å². The van der Waals surface area contributed by atoms with Gasteiger partial charge in [0.25, 0.3) is 0 Å². The van der Waals surface area contributed by atoms with Crippen LogP contribution in [-0.4, -0.2) is 5.78 Å². The molecule has 0 aliphatic carbocycles. The number of carbonyl (C=O) groups is 1. The Morgan fingerprint density at radius 3 is 2.32 bits per heavy atom. The van der Waals surface area contributed by atoms with Crippen molar-refractivity contribution in [3.63, 3.8) is 0 Å². The highest BCUT2D eigenvalue weighted by Gasteiger charge is 2.02. The Morgan fingerprint density at radius 1 is 1.05 bits per heavy atom. The number of hydrogen-bond donors (Lipinski definition) is 1. The molecule has 19 heavy (non-hydrogen) atoms. The Morgan fingerprint density at radius 2 is 1.68 bits per heavy atom. The number of anilines is 1. The summed E-state index contributed by atoms with van der Waals surface area (Å²) in [6.07, 6.45) is 1.61. The van der Waals surface area contributed by atoms with E-state index in [1.165, 1.54) is 0 Å². The molecule has 0 saturated carbocycles. The van der Waals surface area contributed by atoms with E-state index in [1.54, 1.807) is 6.08 Å². The van der Waals surface area contributed by atoms with Gasteiger partial charge in [-0.2, -0.15) is 0 Å². The number of nitrogens with one attached hydrogen (secondary N) is 1. The number of hydrogen-bond acceptors (Lipinski definition) is 2. The molecule has 0 aromatic heterocycles. The maximum absolute atomic E-state index is 12.0. The molecule has 2 aromatic carbocycles. The molecule has 2 aromatic rings. The predicted octanol–water partition coefficient (Wildman–Crippen LogP) is 4.65. The van der Waals surface area contributed by atoms with E-state index in [-0.39, 0.29) is 5.78 Å². The monoisotopic (exact) mass is 315 g/mol. The smallest absolute Gasteiger partial charge is 0.187 e. The first-order chi connectivity index (χ1) is 9.15. The molecule has 2 nitrogen and oxygen atoms in total. The average Bonchev–Trinajstić information content (AvgIpc) is 2.42. The zero-order valence-corrected chi connectivity index (χ0v) is 12.1. The van der Waals surface area contributed by atoms with Crippen LogP contribution in [-0.2, 0) is 0 Å². The summed E-state index contributed by atoms with van der Waals surface area (Å²) in [5.74, 6) is 0.00251. The molecule has 0 spiro atoms. The topological polar surface area (TPSA) is 29.1 Å². The zero-order chi connectivity index (χ0) is 13.7. The Kier molecular flexibility index (Phi) is 4.53. The number of carbonyl (C=O) groups excluding carboxylic acids is 1. The minimum Gasteiger partial charge on any atom is -0.359 e. The standard InChI is InChI=1S/C16H14BrNO/c1-12(18-15-9-7-14(17)8-10-15)11-16(19)13-5-3-2-4-6-13/h2-11,18H,1H3. The van der Waals surface area contributed by atoms with E-state index in [2.05, 4.69) is 21.2 Å². The highest BCUT2D eigenvalue weighted by molar-refractivity contribution is 9.10. The molecule has 3 heteroatoms. The van der Waals surface area contributed by atoms with Crippen molar-refractivity contribution in [2.75, 3.05) is 5.32 Å². The molecular formula is C16H14BrNO. The molecule has 0 atom stereocenters. The maximum Gasteiger partial charge on any atom is 0.187 e. The molecule has 0 aliphatic rings. The fourth-order valence-corrected chi connectivity index (χ4v) is 1.94. The third-order valence-corrected chi connectivity index (χ3v) is 3.12. The lowest BCUT2D eigenvalue weighted by atomic mass is 10.1. The van der Waals surface area contributed by atoms with E-state index in [0.717, 1.165) is 15.9 Å². The van der Waals surface area contributed by atoms with Crippen LogP contribution in [0.1, 0.15) is 17.3 Å². The van der Waals surface area contributed by atoms with E-state index in [4.69, 9.17) is 0 Å². The van der Waals surface area contributed by atoms with Crippen molar-refractivity contribution in [2.45, 2.75) is 6.92 Å². The summed E-state index contributed by atoms with van der Waals surface area (Å²) in [6.45, 7) is 1.88. The van der Waals surface area contributed by atoms with Gasteiger partial charge in [-0.05, 0) is 31.2 Å². The highest BCUT2D eigenvalue weighted by atomic mass is 79.9. The second-order valence-electron chi connectivity index (χ2n) is 4.19. The number of ketones is 1. The number of rotatable bonds is 4. The summed E-state index contributed by atoms with van der Waals surface area (Å²) in [6, 6.07) is 17.0. The third kappa shape index (κ3) is 4.07. The van der Waals surface area contributed by atoms with Crippen molar-refractivity contribution in [1.29, 1.82) is 0 Å². The van der Waals surface area contributed by atoms with Gasteiger partial charge in [-0.3, -0.25) is 4.79 Å². The Bertz CT molecular complexity index is 588. The summed E-state index contributed by atoms with van der Waals surface area (Å²) in [5, 5.41) is 3.19. The second kappa shape index (κ2) is 6.34. The number of benzene rings is 2. The van der Waals surface area contributed by atoms with Crippen LogP contribution < -0.4 is 5.32 Å². The molecule has 1 N–H and O–H groups in total. The lowest BCUT2D eigenvalue weighted by molar-refractivity contribution is 0.104. The van der Waals surface area contributed by atoms with E-state index < -0.39 is 0 Å². The predicted molar refractivity (Wildman–Crippen MR) is 82.3 cm³/mol. The summed E-state index contributed by atoms with van der Waals surface area (Å²) in [7, 11) is 0. The van der Waals surface area contributed by atoms with Crippen LogP contribution in [0.5, 0.6) is 0 Å².